The fourth-order valence-corrected chi connectivity index (χ4v) is 2.76. The smallest absolute Gasteiger partial charge is 0.351 e. The number of methoxy groups -OCH3 is 2. The summed E-state index contributed by atoms with van der Waals surface area (Å²) in [7, 11) is 3.09. The highest BCUT2D eigenvalue weighted by Gasteiger charge is 2.31. The molecular weight excluding hydrogens is 378 g/mol. The number of rotatable bonds is 7. The van der Waals surface area contributed by atoms with Gasteiger partial charge in [-0.1, -0.05) is 18.2 Å². The second-order valence-electron chi connectivity index (χ2n) is 6.35. The fourth-order valence-electron chi connectivity index (χ4n) is 2.76. The Balaban J connectivity index is 1.51. The van der Waals surface area contributed by atoms with Crippen molar-refractivity contribution >= 4 is 11.9 Å². The van der Waals surface area contributed by atoms with Gasteiger partial charge in [-0.25, -0.2) is 4.79 Å². The van der Waals surface area contributed by atoms with Gasteiger partial charge in [0.15, 0.2) is 29.1 Å². The Kier molecular flexibility index (Phi) is 6.43. The maximum atomic E-state index is 12.3. The van der Waals surface area contributed by atoms with E-state index >= 15 is 0 Å². The third kappa shape index (κ3) is 4.90. The lowest BCUT2D eigenvalue weighted by Crippen LogP contribution is -2.42. The number of esters is 1. The van der Waals surface area contributed by atoms with E-state index in [1.165, 1.54) is 14.0 Å². The molecule has 1 N–H and O–H groups in total. The van der Waals surface area contributed by atoms with Crippen molar-refractivity contribution in [3.8, 4) is 23.0 Å². The summed E-state index contributed by atoms with van der Waals surface area (Å²) in [5, 5.41) is 2.73. The summed E-state index contributed by atoms with van der Waals surface area (Å²) in [5.41, 5.74) is 0.815. The number of fused-ring (bicyclic) bond motifs is 1. The molecule has 0 saturated carbocycles. The molecule has 0 spiro atoms. The van der Waals surface area contributed by atoms with E-state index in [4.69, 9.17) is 23.7 Å². The zero-order valence-corrected chi connectivity index (χ0v) is 16.5. The summed E-state index contributed by atoms with van der Waals surface area (Å²) in [6.07, 6.45) is -1.91. The van der Waals surface area contributed by atoms with Crippen LogP contribution in [0.25, 0.3) is 0 Å². The first-order valence-corrected chi connectivity index (χ1v) is 9.09. The van der Waals surface area contributed by atoms with Crippen molar-refractivity contribution in [3.05, 3.63) is 48.0 Å². The van der Waals surface area contributed by atoms with Crippen LogP contribution in [0.4, 0.5) is 0 Å². The lowest BCUT2D eigenvalue weighted by atomic mass is 10.2. The number of carbonyl (C=O) groups excluding carboxylic acids is 2. The predicted octanol–water partition coefficient (Wildman–Crippen LogP) is 2.09. The van der Waals surface area contributed by atoms with Crippen LogP contribution in [0.1, 0.15) is 12.5 Å². The van der Waals surface area contributed by atoms with E-state index in [1.807, 2.05) is 12.1 Å². The zero-order valence-electron chi connectivity index (χ0n) is 16.5. The van der Waals surface area contributed by atoms with Crippen molar-refractivity contribution in [2.45, 2.75) is 25.7 Å². The molecule has 1 amide bonds. The van der Waals surface area contributed by atoms with Crippen LogP contribution in [0.15, 0.2) is 42.5 Å². The lowest BCUT2D eigenvalue weighted by Gasteiger charge is -2.25. The Labute approximate surface area is 168 Å². The van der Waals surface area contributed by atoms with Gasteiger partial charge in [0.05, 0.1) is 14.2 Å². The molecule has 0 radical (unpaired) electrons. The molecule has 29 heavy (non-hydrogen) atoms. The van der Waals surface area contributed by atoms with Gasteiger partial charge in [0.25, 0.3) is 5.91 Å². The zero-order chi connectivity index (χ0) is 20.8. The summed E-state index contributed by atoms with van der Waals surface area (Å²) < 4.78 is 26.8. The minimum Gasteiger partial charge on any atom is -0.493 e. The van der Waals surface area contributed by atoms with E-state index in [1.54, 1.807) is 37.4 Å². The van der Waals surface area contributed by atoms with Crippen LogP contribution in [0.5, 0.6) is 23.0 Å². The van der Waals surface area contributed by atoms with Gasteiger partial charge in [-0.3, -0.25) is 4.79 Å². The number of benzene rings is 2. The molecule has 2 aromatic carbocycles. The molecule has 1 aliphatic heterocycles. The quantitative estimate of drug-likeness (QED) is 0.710. The molecule has 3 rings (SSSR count). The van der Waals surface area contributed by atoms with Crippen molar-refractivity contribution in [2.75, 3.05) is 20.8 Å². The highest BCUT2D eigenvalue weighted by Crippen LogP contribution is 2.31. The van der Waals surface area contributed by atoms with Crippen molar-refractivity contribution in [2.24, 2.45) is 0 Å². The third-order valence-electron chi connectivity index (χ3n) is 4.35. The molecule has 0 unspecified atom stereocenters. The number of ether oxygens (including phenoxy) is 5. The molecule has 0 aliphatic carbocycles. The van der Waals surface area contributed by atoms with Gasteiger partial charge in [0, 0.05) is 6.54 Å². The number of hydrogen-bond acceptors (Lipinski definition) is 7. The molecule has 154 valence electrons. The normalized spacial score (nSPS) is 15.8. The van der Waals surface area contributed by atoms with Gasteiger partial charge in [-0.15, -0.1) is 0 Å². The van der Waals surface area contributed by atoms with E-state index in [-0.39, 0.29) is 13.2 Å². The van der Waals surface area contributed by atoms with E-state index in [0.29, 0.717) is 23.0 Å². The van der Waals surface area contributed by atoms with Crippen LogP contribution in [0, 0.1) is 0 Å². The number of nitrogens with one attached hydrogen (secondary N) is 1. The number of carbonyl (C=O) groups is 2. The number of amides is 1. The average molecular weight is 401 g/mol. The van der Waals surface area contributed by atoms with Gasteiger partial charge in [0.1, 0.15) is 6.61 Å². The van der Waals surface area contributed by atoms with Crippen LogP contribution in [0.3, 0.4) is 0 Å². The van der Waals surface area contributed by atoms with Crippen molar-refractivity contribution in [1.82, 2.24) is 5.32 Å². The topological polar surface area (TPSA) is 92.3 Å². The third-order valence-corrected chi connectivity index (χ3v) is 4.35. The van der Waals surface area contributed by atoms with Crippen LogP contribution in [-0.4, -0.2) is 44.9 Å². The van der Waals surface area contributed by atoms with Crippen LogP contribution >= 0.6 is 0 Å². The van der Waals surface area contributed by atoms with Crippen molar-refractivity contribution in [1.29, 1.82) is 0 Å². The van der Waals surface area contributed by atoms with Gasteiger partial charge in [-0.05, 0) is 36.8 Å². The summed E-state index contributed by atoms with van der Waals surface area (Å²) in [6, 6.07) is 12.4. The molecule has 2 aromatic rings. The molecule has 0 saturated heterocycles. The van der Waals surface area contributed by atoms with E-state index < -0.39 is 24.1 Å². The fraction of sp³-hybridized carbons (Fsp3) is 0.333. The van der Waals surface area contributed by atoms with Crippen LogP contribution in [-0.2, 0) is 20.9 Å². The van der Waals surface area contributed by atoms with Crippen molar-refractivity contribution < 1.29 is 33.3 Å². The Morgan fingerprint density at radius 2 is 1.83 bits per heavy atom. The first-order chi connectivity index (χ1) is 14.0. The monoisotopic (exact) mass is 401 g/mol. The maximum Gasteiger partial charge on any atom is 0.351 e. The highest BCUT2D eigenvalue weighted by atomic mass is 16.6. The Morgan fingerprint density at radius 1 is 1.10 bits per heavy atom. The first-order valence-electron chi connectivity index (χ1n) is 9.09. The SMILES string of the molecule is COc1ccc(CNC(=O)[C@H](C)OC(=O)[C@@H]2COc3ccccc3O2)cc1OC. The summed E-state index contributed by atoms with van der Waals surface area (Å²) >= 11 is 0. The standard InChI is InChI=1S/C21H23NO7/c1-13(20(23)22-11-14-8-9-15(25-2)18(10-14)26-3)28-21(24)19-12-27-16-6-4-5-7-17(16)29-19/h4-10,13,19H,11-12H2,1-3H3,(H,22,23)/t13-,19-/m0/s1. The molecule has 2 atom stereocenters. The van der Waals surface area contributed by atoms with Gasteiger partial charge < -0.3 is 29.0 Å². The molecule has 1 aliphatic rings. The summed E-state index contributed by atoms with van der Waals surface area (Å²) in [4.78, 5) is 24.6. The largest absolute Gasteiger partial charge is 0.493 e. The second-order valence-corrected chi connectivity index (χ2v) is 6.35. The Bertz CT molecular complexity index is 883. The molecule has 8 nitrogen and oxygen atoms in total. The first kappa shape index (κ1) is 20.3. The van der Waals surface area contributed by atoms with Gasteiger partial charge >= 0.3 is 5.97 Å². The molecule has 0 bridgehead atoms. The predicted molar refractivity (Wildman–Crippen MR) is 103 cm³/mol. The van der Waals surface area contributed by atoms with Crippen LogP contribution < -0.4 is 24.3 Å². The Morgan fingerprint density at radius 3 is 2.55 bits per heavy atom. The number of hydrogen-bond donors (Lipinski definition) is 1. The number of para-hydroxylation sites is 2. The van der Waals surface area contributed by atoms with E-state index in [0.717, 1.165) is 5.56 Å². The highest BCUT2D eigenvalue weighted by molar-refractivity contribution is 5.84. The molecular formula is C21H23NO7. The molecule has 0 aromatic heterocycles. The lowest BCUT2D eigenvalue weighted by molar-refractivity contribution is -0.163. The van der Waals surface area contributed by atoms with E-state index in [9.17, 15) is 9.59 Å². The van der Waals surface area contributed by atoms with Gasteiger partial charge in [0.2, 0.25) is 6.10 Å². The van der Waals surface area contributed by atoms with Gasteiger partial charge in [-0.2, -0.15) is 0 Å². The van der Waals surface area contributed by atoms with Crippen molar-refractivity contribution in [3.63, 3.8) is 0 Å². The second kappa shape index (κ2) is 9.18. The maximum absolute atomic E-state index is 12.3. The van der Waals surface area contributed by atoms with E-state index in [2.05, 4.69) is 5.32 Å². The molecule has 1 heterocycles. The minimum absolute atomic E-state index is 0.0236. The average Bonchev–Trinajstić information content (AvgIpc) is 2.76. The van der Waals surface area contributed by atoms with Crippen LogP contribution in [0.2, 0.25) is 0 Å². The summed E-state index contributed by atoms with van der Waals surface area (Å²) in [5.74, 6) is 1.11. The minimum atomic E-state index is -0.983. The Hall–Kier alpha value is -3.42. The molecule has 8 heteroatoms. The molecule has 0 fully saturated rings. The summed E-state index contributed by atoms with van der Waals surface area (Å²) in [6.45, 7) is 1.77.